The fourth-order valence-electron chi connectivity index (χ4n) is 6.99. The molecule has 0 aromatic heterocycles. The van der Waals surface area contributed by atoms with Gasteiger partial charge in [0, 0.05) is 11.3 Å². The number of nitrogens with one attached hydrogen (secondary N) is 2. The fraction of sp³-hybridized carbons (Fsp3) is 0.323. The van der Waals surface area contributed by atoms with Crippen LogP contribution >= 0.6 is 0 Å². The van der Waals surface area contributed by atoms with E-state index in [1.54, 1.807) is 6.07 Å². The number of ether oxygens (including phenoxy) is 2. The second-order valence-corrected chi connectivity index (χ2v) is 10.5. The third-order valence-electron chi connectivity index (χ3n) is 8.60. The molecule has 0 spiro atoms. The van der Waals surface area contributed by atoms with Crippen LogP contribution < -0.4 is 10.6 Å². The van der Waals surface area contributed by atoms with Crippen molar-refractivity contribution in [3.63, 3.8) is 0 Å². The number of anilines is 2. The van der Waals surface area contributed by atoms with Gasteiger partial charge in [0.15, 0.2) is 0 Å². The first kappa shape index (κ1) is 24.2. The van der Waals surface area contributed by atoms with Gasteiger partial charge in [-0.25, -0.2) is 9.59 Å². The molecule has 6 rings (SSSR count). The number of carbonyl (C=O) groups is 3. The molecule has 3 aliphatic rings. The number of esters is 2. The van der Waals surface area contributed by atoms with Gasteiger partial charge >= 0.3 is 11.9 Å². The molecular formula is C31H30N2O5. The molecule has 38 heavy (non-hydrogen) atoms. The highest BCUT2D eigenvalue weighted by atomic mass is 16.5. The molecule has 3 aromatic carbocycles. The number of fused-ring (bicyclic) bond motifs is 7. The predicted octanol–water partition coefficient (Wildman–Crippen LogP) is 5.81. The Hall–Kier alpha value is -4.13. The number of methoxy groups -OCH3 is 2. The molecule has 1 amide bonds. The Labute approximate surface area is 221 Å². The Balaban J connectivity index is 1.33. The van der Waals surface area contributed by atoms with E-state index in [9.17, 15) is 14.4 Å². The summed E-state index contributed by atoms with van der Waals surface area (Å²) in [5.74, 6) is 0.663. The molecule has 2 aliphatic carbocycles. The van der Waals surface area contributed by atoms with E-state index >= 15 is 0 Å². The lowest BCUT2D eigenvalue weighted by molar-refractivity contribution is 0.0587. The van der Waals surface area contributed by atoms with Gasteiger partial charge in [0.2, 0.25) is 0 Å². The van der Waals surface area contributed by atoms with E-state index in [0.29, 0.717) is 29.2 Å². The van der Waals surface area contributed by atoms with Gasteiger partial charge < -0.3 is 20.1 Å². The summed E-state index contributed by atoms with van der Waals surface area (Å²) in [5, 5.41) is 6.63. The van der Waals surface area contributed by atoms with Gasteiger partial charge in [-0.15, -0.1) is 0 Å². The predicted molar refractivity (Wildman–Crippen MR) is 143 cm³/mol. The van der Waals surface area contributed by atoms with Crippen molar-refractivity contribution in [2.45, 2.75) is 31.2 Å². The topological polar surface area (TPSA) is 93.7 Å². The minimum atomic E-state index is -0.608. The second-order valence-electron chi connectivity index (χ2n) is 10.5. The molecule has 7 nitrogen and oxygen atoms in total. The zero-order chi connectivity index (χ0) is 26.4. The molecule has 1 heterocycles. The fourth-order valence-corrected chi connectivity index (χ4v) is 6.99. The van der Waals surface area contributed by atoms with Gasteiger partial charge in [0.25, 0.3) is 5.91 Å². The van der Waals surface area contributed by atoms with Gasteiger partial charge in [-0.2, -0.15) is 0 Å². The summed E-state index contributed by atoms with van der Waals surface area (Å²) < 4.78 is 9.67. The number of rotatable bonds is 5. The molecule has 194 valence electrons. The monoisotopic (exact) mass is 510 g/mol. The van der Waals surface area contributed by atoms with E-state index in [1.807, 2.05) is 12.1 Å². The Bertz CT molecular complexity index is 1420. The second kappa shape index (κ2) is 9.63. The summed E-state index contributed by atoms with van der Waals surface area (Å²) in [4.78, 5) is 37.9. The van der Waals surface area contributed by atoms with Gasteiger partial charge in [0.05, 0.1) is 37.1 Å². The number of carbonyl (C=O) groups excluding carboxylic acids is 3. The minimum absolute atomic E-state index is 0.159. The van der Waals surface area contributed by atoms with Crippen molar-refractivity contribution < 1.29 is 23.9 Å². The summed E-state index contributed by atoms with van der Waals surface area (Å²) in [6.45, 7) is 0. The van der Waals surface area contributed by atoms with Crippen LogP contribution in [0.2, 0.25) is 0 Å². The van der Waals surface area contributed by atoms with E-state index in [2.05, 4.69) is 41.0 Å². The van der Waals surface area contributed by atoms with Crippen molar-refractivity contribution in [3.8, 4) is 0 Å². The molecule has 7 heteroatoms. The zero-order valence-electron chi connectivity index (χ0n) is 21.4. The van der Waals surface area contributed by atoms with Gasteiger partial charge in [-0.05, 0) is 90.5 Å². The van der Waals surface area contributed by atoms with E-state index < -0.39 is 11.9 Å². The van der Waals surface area contributed by atoms with E-state index in [1.165, 1.54) is 62.8 Å². The molecule has 1 aliphatic heterocycles. The molecular weight excluding hydrogens is 480 g/mol. The average Bonchev–Trinajstić information content (AvgIpc) is 3.59. The van der Waals surface area contributed by atoms with Crippen LogP contribution in [0.3, 0.4) is 0 Å². The Kier molecular flexibility index (Phi) is 6.14. The van der Waals surface area contributed by atoms with E-state index in [0.717, 1.165) is 5.69 Å². The largest absolute Gasteiger partial charge is 0.465 e. The first-order chi connectivity index (χ1) is 18.5. The lowest BCUT2D eigenvalue weighted by Crippen LogP contribution is -2.35. The number of benzene rings is 3. The van der Waals surface area contributed by atoms with Crippen LogP contribution in [0.5, 0.6) is 0 Å². The molecule has 2 saturated carbocycles. The SMILES string of the molecule is COC(=O)c1ccc(C(=O)OC)c(NC(=O)c2ccc3c(c2)[C@@H]2[C@H]4CC[C@@H](C4)[C@H]2[C@@H](c2ccccc2)N3)c1. The maximum atomic E-state index is 13.5. The lowest BCUT2D eigenvalue weighted by Gasteiger charge is -2.43. The molecule has 3 aromatic rings. The Morgan fingerprint density at radius 3 is 2.34 bits per heavy atom. The Morgan fingerprint density at radius 1 is 0.842 bits per heavy atom. The minimum Gasteiger partial charge on any atom is -0.465 e. The first-order valence-electron chi connectivity index (χ1n) is 13.1. The van der Waals surface area contributed by atoms with Crippen molar-refractivity contribution >= 4 is 29.2 Å². The third-order valence-corrected chi connectivity index (χ3v) is 8.60. The van der Waals surface area contributed by atoms with Crippen LogP contribution in [0.25, 0.3) is 0 Å². The molecule has 5 atom stereocenters. The molecule has 2 fully saturated rings. The maximum Gasteiger partial charge on any atom is 0.339 e. The number of hydrogen-bond acceptors (Lipinski definition) is 6. The quantitative estimate of drug-likeness (QED) is 0.421. The van der Waals surface area contributed by atoms with Crippen LogP contribution in [0.4, 0.5) is 11.4 Å². The summed E-state index contributed by atoms with van der Waals surface area (Å²) in [7, 11) is 2.55. The highest BCUT2D eigenvalue weighted by Gasteiger charge is 2.53. The van der Waals surface area contributed by atoms with Gasteiger partial charge in [-0.3, -0.25) is 4.79 Å². The van der Waals surface area contributed by atoms with Crippen molar-refractivity contribution in [2.24, 2.45) is 17.8 Å². The number of hydrogen-bond donors (Lipinski definition) is 2. The van der Waals surface area contributed by atoms with Gasteiger partial charge in [0.1, 0.15) is 0 Å². The summed E-state index contributed by atoms with van der Waals surface area (Å²) in [6.07, 6.45) is 3.73. The smallest absolute Gasteiger partial charge is 0.339 e. The van der Waals surface area contributed by atoms with Crippen LogP contribution in [0, 0.1) is 17.8 Å². The van der Waals surface area contributed by atoms with E-state index in [-0.39, 0.29) is 28.8 Å². The van der Waals surface area contributed by atoms with Crippen LogP contribution in [-0.2, 0) is 9.47 Å². The molecule has 2 bridgehead atoms. The van der Waals surface area contributed by atoms with Crippen LogP contribution in [0.15, 0.2) is 66.7 Å². The van der Waals surface area contributed by atoms with E-state index in [4.69, 9.17) is 9.47 Å². The van der Waals surface area contributed by atoms with Crippen molar-refractivity contribution in [3.05, 3.63) is 94.5 Å². The summed E-state index contributed by atoms with van der Waals surface area (Å²) in [5.41, 5.74) is 4.66. The summed E-state index contributed by atoms with van der Waals surface area (Å²) in [6, 6.07) is 21.1. The molecule has 0 saturated heterocycles. The third kappa shape index (κ3) is 4.02. The molecule has 2 N–H and O–H groups in total. The highest BCUT2D eigenvalue weighted by Crippen LogP contribution is 2.63. The number of amides is 1. The van der Waals surface area contributed by atoms with Crippen LogP contribution in [-0.4, -0.2) is 32.1 Å². The van der Waals surface area contributed by atoms with Crippen LogP contribution in [0.1, 0.15) is 73.4 Å². The zero-order valence-corrected chi connectivity index (χ0v) is 21.4. The van der Waals surface area contributed by atoms with Crippen molar-refractivity contribution in [2.75, 3.05) is 24.9 Å². The molecule has 0 unspecified atom stereocenters. The normalized spacial score (nSPS) is 24.5. The van der Waals surface area contributed by atoms with Crippen molar-refractivity contribution in [1.82, 2.24) is 0 Å². The maximum absolute atomic E-state index is 13.5. The summed E-state index contributed by atoms with van der Waals surface area (Å²) >= 11 is 0. The lowest BCUT2D eigenvalue weighted by atomic mass is 9.68. The highest BCUT2D eigenvalue weighted by molar-refractivity contribution is 6.09. The first-order valence-corrected chi connectivity index (χ1v) is 13.1. The standard InChI is InChI=1S/C31H30N2O5/c1-37-30(35)21-10-12-22(31(36)38-2)25(16-21)33-29(34)20-11-13-24-23(15-20)26-18-8-9-19(14-18)27(26)28(32-24)17-6-4-3-5-7-17/h3-7,10-13,15-16,18-19,26-28,32H,8-9,14H2,1-2H3,(H,33,34)/t18-,19-,26-,27+,28+/m0/s1. The van der Waals surface area contributed by atoms with Gasteiger partial charge in [-0.1, -0.05) is 30.3 Å². The molecule has 0 radical (unpaired) electrons. The Morgan fingerprint density at radius 2 is 1.58 bits per heavy atom. The van der Waals surface area contributed by atoms with Crippen molar-refractivity contribution in [1.29, 1.82) is 0 Å². The average molecular weight is 511 g/mol.